The predicted octanol–water partition coefficient (Wildman–Crippen LogP) is 4.65. The molecule has 0 atom stereocenters. The molecule has 2 aromatic carbocycles. The van der Waals surface area contributed by atoms with E-state index in [1.807, 2.05) is 41.0 Å². The Kier molecular flexibility index (Phi) is 8.24. The number of aromatic nitrogens is 4. The minimum atomic E-state index is -0.388. The first kappa shape index (κ1) is 25.3. The lowest BCUT2D eigenvalue weighted by molar-refractivity contribution is -0.131. The van der Waals surface area contributed by atoms with Crippen LogP contribution >= 0.6 is 27.7 Å². The third-order valence-electron chi connectivity index (χ3n) is 4.85. The first-order valence-electron chi connectivity index (χ1n) is 10.8. The van der Waals surface area contributed by atoms with E-state index in [0.717, 1.165) is 21.3 Å². The Hall–Kier alpha value is -3.83. The Morgan fingerprint density at radius 3 is 2.47 bits per heavy atom. The summed E-state index contributed by atoms with van der Waals surface area (Å²) >= 11 is 4.71. The van der Waals surface area contributed by atoms with E-state index in [4.69, 9.17) is 4.74 Å². The summed E-state index contributed by atoms with van der Waals surface area (Å²) in [6, 6.07) is 18.3. The van der Waals surface area contributed by atoms with E-state index < -0.39 is 0 Å². The van der Waals surface area contributed by atoms with E-state index in [2.05, 4.69) is 41.6 Å². The number of esters is 1. The SMILES string of the molecule is CC(=O)Oc1ccc(C(C)=NNC(=O)CSc2nnc(-c3cccnc3)n2-c2ccc(Br)cc2)cc1. The van der Waals surface area contributed by atoms with E-state index in [9.17, 15) is 9.59 Å². The molecular weight excluding hydrogens is 544 g/mol. The Balaban J connectivity index is 1.46. The minimum absolute atomic E-state index is 0.0872. The van der Waals surface area contributed by atoms with Gasteiger partial charge in [0.2, 0.25) is 0 Å². The lowest BCUT2D eigenvalue weighted by Gasteiger charge is -2.10. The smallest absolute Gasteiger partial charge is 0.308 e. The number of thioether (sulfide) groups is 1. The first-order valence-corrected chi connectivity index (χ1v) is 12.5. The van der Waals surface area contributed by atoms with E-state index in [1.165, 1.54) is 18.7 Å². The van der Waals surface area contributed by atoms with Gasteiger partial charge >= 0.3 is 5.97 Å². The zero-order valence-corrected chi connectivity index (χ0v) is 21.8. The van der Waals surface area contributed by atoms with E-state index in [-0.39, 0.29) is 17.6 Å². The van der Waals surface area contributed by atoms with Crippen molar-refractivity contribution in [2.45, 2.75) is 19.0 Å². The van der Waals surface area contributed by atoms with Crippen LogP contribution in [0.15, 0.2) is 87.8 Å². The number of benzene rings is 2. The number of amides is 1. The number of hydrogen-bond acceptors (Lipinski definition) is 8. The number of carbonyl (C=O) groups excluding carboxylic acids is 2. The summed E-state index contributed by atoms with van der Waals surface area (Å²) in [6.07, 6.45) is 3.41. The fourth-order valence-electron chi connectivity index (χ4n) is 3.17. The first-order chi connectivity index (χ1) is 17.4. The van der Waals surface area contributed by atoms with Gasteiger partial charge in [0.05, 0.1) is 11.5 Å². The van der Waals surface area contributed by atoms with Crippen LogP contribution in [0.4, 0.5) is 0 Å². The van der Waals surface area contributed by atoms with Crippen molar-refractivity contribution >= 4 is 45.3 Å². The number of hydrogen-bond donors (Lipinski definition) is 1. The molecule has 0 fully saturated rings. The largest absolute Gasteiger partial charge is 0.427 e. The molecule has 0 saturated carbocycles. The van der Waals surface area contributed by atoms with Crippen LogP contribution < -0.4 is 10.2 Å². The highest BCUT2D eigenvalue weighted by molar-refractivity contribution is 9.10. The fraction of sp³-hybridized carbons (Fsp3) is 0.120. The molecule has 2 heterocycles. The highest BCUT2D eigenvalue weighted by Gasteiger charge is 2.17. The van der Waals surface area contributed by atoms with E-state index in [1.54, 1.807) is 43.6 Å². The topological polar surface area (TPSA) is 111 Å². The van der Waals surface area contributed by atoms with Crippen LogP contribution in [0.25, 0.3) is 17.1 Å². The van der Waals surface area contributed by atoms with Crippen molar-refractivity contribution in [2.24, 2.45) is 5.10 Å². The molecule has 0 saturated heterocycles. The number of pyridine rings is 1. The third kappa shape index (κ3) is 6.43. The number of ether oxygens (including phenoxy) is 1. The molecular formula is C25H21BrN6O3S. The van der Waals surface area contributed by atoms with Crippen molar-refractivity contribution in [1.29, 1.82) is 0 Å². The van der Waals surface area contributed by atoms with Crippen molar-refractivity contribution in [3.8, 4) is 22.8 Å². The summed E-state index contributed by atoms with van der Waals surface area (Å²) in [5, 5.41) is 13.4. The average molecular weight is 565 g/mol. The zero-order valence-electron chi connectivity index (χ0n) is 19.4. The summed E-state index contributed by atoms with van der Waals surface area (Å²) in [5.41, 5.74) is 5.64. The lowest BCUT2D eigenvalue weighted by Crippen LogP contribution is -2.21. The van der Waals surface area contributed by atoms with Crippen molar-refractivity contribution in [2.75, 3.05) is 5.75 Å². The maximum atomic E-state index is 12.5. The summed E-state index contributed by atoms with van der Waals surface area (Å²) < 4.78 is 7.87. The van der Waals surface area contributed by atoms with Crippen molar-refractivity contribution in [3.63, 3.8) is 0 Å². The molecule has 0 aliphatic carbocycles. The molecule has 1 N–H and O–H groups in total. The Bertz CT molecular complexity index is 1390. The van der Waals surface area contributed by atoms with Gasteiger partial charge in [-0.3, -0.25) is 19.1 Å². The van der Waals surface area contributed by atoms with Crippen molar-refractivity contribution < 1.29 is 14.3 Å². The van der Waals surface area contributed by atoms with Crippen LogP contribution in [0.5, 0.6) is 5.75 Å². The molecule has 182 valence electrons. The van der Waals surface area contributed by atoms with Gasteiger partial charge in [-0.25, -0.2) is 5.43 Å². The number of halogens is 1. The Labute approximate surface area is 220 Å². The standard InChI is InChI=1S/C25H21BrN6O3S/c1-16(18-5-11-22(12-6-18)35-17(2)33)28-29-23(34)15-36-25-31-30-24(19-4-3-13-27-14-19)32(25)21-9-7-20(26)8-10-21/h3-14H,15H2,1-2H3,(H,29,34). The molecule has 1 amide bonds. The summed E-state index contributed by atoms with van der Waals surface area (Å²) in [5.74, 6) is 0.481. The Morgan fingerprint density at radius 2 is 1.81 bits per heavy atom. The van der Waals surface area contributed by atoms with Crippen molar-refractivity contribution in [1.82, 2.24) is 25.2 Å². The molecule has 0 bridgehead atoms. The molecule has 0 radical (unpaired) electrons. The maximum absolute atomic E-state index is 12.5. The molecule has 4 aromatic rings. The van der Waals surface area contributed by atoms with Gasteiger partial charge in [0.25, 0.3) is 5.91 Å². The summed E-state index contributed by atoms with van der Waals surface area (Å²) in [4.78, 5) is 27.8. The molecule has 2 aromatic heterocycles. The second-order valence-electron chi connectivity index (χ2n) is 7.50. The number of nitrogens with one attached hydrogen (secondary N) is 1. The predicted molar refractivity (Wildman–Crippen MR) is 141 cm³/mol. The van der Waals surface area contributed by atoms with Gasteiger partial charge in [0.1, 0.15) is 5.75 Å². The van der Waals surface area contributed by atoms with Crippen LogP contribution in [0.2, 0.25) is 0 Å². The monoisotopic (exact) mass is 564 g/mol. The van der Waals surface area contributed by atoms with Gasteiger partial charge in [-0.2, -0.15) is 5.10 Å². The van der Waals surface area contributed by atoms with Gasteiger partial charge in [-0.05, 0) is 73.2 Å². The molecule has 0 unspecified atom stereocenters. The summed E-state index contributed by atoms with van der Waals surface area (Å²) in [7, 11) is 0. The van der Waals surface area contributed by atoms with Crippen LogP contribution in [-0.2, 0) is 9.59 Å². The maximum Gasteiger partial charge on any atom is 0.308 e. The Morgan fingerprint density at radius 1 is 1.06 bits per heavy atom. The van der Waals surface area contributed by atoms with Gasteiger partial charge < -0.3 is 4.74 Å². The normalized spacial score (nSPS) is 11.2. The van der Waals surface area contributed by atoms with Gasteiger partial charge in [0.15, 0.2) is 11.0 Å². The molecule has 9 nitrogen and oxygen atoms in total. The minimum Gasteiger partial charge on any atom is -0.427 e. The zero-order chi connectivity index (χ0) is 25.5. The third-order valence-corrected chi connectivity index (χ3v) is 6.31. The molecule has 0 spiro atoms. The average Bonchev–Trinajstić information content (AvgIpc) is 3.31. The highest BCUT2D eigenvalue weighted by Crippen LogP contribution is 2.28. The number of hydrazone groups is 1. The molecule has 0 aliphatic rings. The van der Waals surface area contributed by atoms with Crippen molar-refractivity contribution in [3.05, 3.63) is 83.1 Å². The van der Waals surface area contributed by atoms with Crippen LogP contribution in [0.3, 0.4) is 0 Å². The van der Waals surface area contributed by atoms with E-state index >= 15 is 0 Å². The number of carbonyl (C=O) groups is 2. The van der Waals surface area contributed by atoms with Gasteiger partial charge in [-0.1, -0.05) is 27.7 Å². The van der Waals surface area contributed by atoms with Gasteiger partial charge in [-0.15, -0.1) is 10.2 Å². The van der Waals surface area contributed by atoms with Crippen LogP contribution in [0.1, 0.15) is 19.4 Å². The second-order valence-corrected chi connectivity index (χ2v) is 9.36. The second kappa shape index (κ2) is 11.7. The van der Waals surface area contributed by atoms with Crippen LogP contribution in [0, 0.1) is 0 Å². The molecule has 4 rings (SSSR count). The van der Waals surface area contributed by atoms with Crippen LogP contribution in [-0.4, -0.2) is 43.1 Å². The number of nitrogens with zero attached hydrogens (tertiary/aromatic N) is 5. The number of rotatable bonds is 8. The fourth-order valence-corrected chi connectivity index (χ4v) is 4.18. The lowest BCUT2D eigenvalue weighted by atomic mass is 10.1. The quantitative estimate of drug-likeness (QED) is 0.109. The molecule has 11 heteroatoms. The van der Waals surface area contributed by atoms with E-state index in [0.29, 0.717) is 22.4 Å². The molecule has 36 heavy (non-hydrogen) atoms. The van der Waals surface area contributed by atoms with Gasteiger partial charge in [0, 0.05) is 35.0 Å². The highest BCUT2D eigenvalue weighted by atomic mass is 79.9. The molecule has 0 aliphatic heterocycles. The summed E-state index contributed by atoms with van der Waals surface area (Å²) in [6.45, 7) is 3.12.